The molecule has 2 aliphatic carbocycles. The molecular weight excluding hydrogens is 829 g/mol. The smallest absolute Gasteiger partial charge is 0.315 e. The van der Waals surface area contributed by atoms with E-state index in [1.54, 1.807) is 12.4 Å². The van der Waals surface area contributed by atoms with Crippen LogP contribution in [0.3, 0.4) is 0 Å². The van der Waals surface area contributed by atoms with Gasteiger partial charge in [0.05, 0.1) is 68.5 Å². The number of carbonyl (C=O) groups excluding carboxylic acids is 2. The zero-order chi connectivity index (χ0) is 45.1. The largest absolute Gasteiger partial charge is 0.493 e. The Balaban J connectivity index is 1.12. The summed E-state index contributed by atoms with van der Waals surface area (Å²) in [5, 5.41) is 0. The van der Waals surface area contributed by atoms with E-state index >= 15 is 0 Å². The van der Waals surface area contributed by atoms with E-state index in [4.69, 9.17) is 66.8 Å². The minimum atomic E-state index is -0.878. The number of rotatable bonds is 15. The molecule has 0 saturated carbocycles. The van der Waals surface area contributed by atoms with E-state index < -0.39 is 35.6 Å². The average molecular weight is 877 g/mol. The van der Waals surface area contributed by atoms with E-state index in [1.807, 2.05) is 60.7 Å². The van der Waals surface area contributed by atoms with Gasteiger partial charge in [-0.25, -0.2) is 0 Å². The molecule has 0 unspecified atom stereocenters. The number of hydrogen-bond acceptors (Lipinski definition) is 16. The molecule has 0 amide bonds. The van der Waals surface area contributed by atoms with Gasteiger partial charge in [-0.05, 0) is 99.6 Å². The van der Waals surface area contributed by atoms with Crippen LogP contribution in [0.5, 0.6) is 57.5 Å². The highest BCUT2D eigenvalue weighted by molar-refractivity contribution is 5.97. The van der Waals surface area contributed by atoms with Crippen molar-refractivity contribution in [3.8, 4) is 57.5 Å². The molecule has 8 rings (SSSR count). The van der Waals surface area contributed by atoms with Crippen LogP contribution in [0, 0.1) is 11.8 Å². The average Bonchev–Trinajstić information content (AvgIpc) is 4.00. The van der Waals surface area contributed by atoms with Crippen molar-refractivity contribution in [1.82, 2.24) is 0 Å². The summed E-state index contributed by atoms with van der Waals surface area (Å²) in [6.45, 7) is 0.441. The number of fused-ring (bicyclic) bond motifs is 4. The molecule has 0 bridgehead atoms. The predicted octanol–water partition coefficient (Wildman–Crippen LogP) is 7.02. The number of esters is 2. The zero-order valence-corrected chi connectivity index (χ0v) is 36.7. The Labute approximate surface area is 369 Å². The van der Waals surface area contributed by atoms with Crippen molar-refractivity contribution in [2.75, 3.05) is 77.0 Å². The number of carbonyl (C=O) groups is 2. The lowest BCUT2D eigenvalue weighted by Crippen LogP contribution is -2.30. The minimum absolute atomic E-state index is 0.0729. The van der Waals surface area contributed by atoms with Gasteiger partial charge in [-0.1, -0.05) is 0 Å². The molecule has 0 saturated heterocycles. The first-order chi connectivity index (χ1) is 31.2. The molecule has 4 aromatic rings. The Hall–Kier alpha value is -7.36. The molecule has 334 valence electrons. The Morgan fingerprint density at radius 3 is 1.47 bits per heavy atom. The Morgan fingerprint density at radius 2 is 1.02 bits per heavy atom. The third-order valence-electron chi connectivity index (χ3n) is 11.7. The number of benzene rings is 4. The van der Waals surface area contributed by atoms with Gasteiger partial charge in [0.1, 0.15) is 5.92 Å². The fraction of sp³-hybridized carbons (Fsp3) is 0.333. The fourth-order valence-corrected chi connectivity index (χ4v) is 8.77. The topological polar surface area (TPSA) is 170 Å². The summed E-state index contributed by atoms with van der Waals surface area (Å²) in [7, 11) is 11.9. The maximum atomic E-state index is 13.9. The molecule has 0 N–H and O–H groups in total. The zero-order valence-electron chi connectivity index (χ0n) is 36.7. The molecule has 2 heterocycles. The van der Waals surface area contributed by atoms with E-state index in [0.29, 0.717) is 92.9 Å². The molecule has 4 aliphatic rings. The summed E-state index contributed by atoms with van der Waals surface area (Å²) in [5.41, 5.74) is 5.70. The summed E-state index contributed by atoms with van der Waals surface area (Å²) in [6, 6.07) is 14.8. The lowest BCUT2D eigenvalue weighted by molar-refractivity contribution is -0.145. The van der Waals surface area contributed by atoms with Gasteiger partial charge in [0.25, 0.3) is 0 Å². The normalized spacial score (nSPS) is 19.0. The van der Waals surface area contributed by atoms with Crippen LogP contribution in [0.2, 0.25) is 0 Å². The van der Waals surface area contributed by atoms with Crippen molar-refractivity contribution in [1.29, 1.82) is 0 Å². The van der Waals surface area contributed by atoms with Gasteiger partial charge in [-0.2, -0.15) is 0 Å². The molecule has 16 nitrogen and oxygen atoms in total. The number of hydrogen-bond donors (Lipinski definition) is 0. The third kappa shape index (κ3) is 7.84. The van der Waals surface area contributed by atoms with Crippen molar-refractivity contribution >= 4 is 36.5 Å². The van der Waals surface area contributed by atoms with Gasteiger partial charge < -0.3 is 56.8 Å². The molecular formula is C48H48N2O14. The molecule has 0 spiro atoms. The van der Waals surface area contributed by atoms with Crippen LogP contribution in [-0.2, 0) is 19.1 Å². The second-order valence-electron chi connectivity index (χ2n) is 14.9. The number of ether oxygens (including phenoxy) is 12. The molecule has 0 radical (unpaired) electrons. The Kier molecular flexibility index (Phi) is 12.5. The van der Waals surface area contributed by atoms with E-state index in [1.165, 1.54) is 56.9 Å². The van der Waals surface area contributed by atoms with Crippen LogP contribution in [0.1, 0.15) is 51.6 Å². The third-order valence-corrected chi connectivity index (χ3v) is 11.7. The van der Waals surface area contributed by atoms with Crippen molar-refractivity contribution in [2.45, 2.75) is 18.3 Å². The Morgan fingerprint density at radius 1 is 0.578 bits per heavy atom. The quantitative estimate of drug-likeness (QED) is 0.0678. The first kappa shape index (κ1) is 43.3. The summed E-state index contributed by atoms with van der Waals surface area (Å²) < 4.78 is 67.9. The number of methoxy groups -OCH3 is 8. The molecule has 16 heteroatoms. The molecule has 0 fully saturated rings. The first-order valence-electron chi connectivity index (χ1n) is 20.3. The first-order valence-corrected chi connectivity index (χ1v) is 20.3. The summed E-state index contributed by atoms with van der Waals surface area (Å²) >= 11 is 0. The second-order valence-corrected chi connectivity index (χ2v) is 14.9. The molecule has 4 atom stereocenters. The van der Waals surface area contributed by atoms with Crippen LogP contribution >= 0.6 is 0 Å². The van der Waals surface area contributed by atoms with Crippen molar-refractivity contribution < 1.29 is 66.4 Å². The fourth-order valence-electron chi connectivity index (χ4n) is 8.77. The van der Waals surface area contributed by atoms with E-state index in [-0.39, 0.29) is 13.6 Å². The Bertz CT molecular complexity index is 2370. The van der Waals surface area contributed by atoms with E-state index in [0.717, 1.165) is 22.3 Å². The summed E-state index contributed by atoms with van der Waals surface area (Å²) in [5.74, 6) is 0.981. The van der Waals surface area contributed by atoms with Crippen LogP contribution < -0.4 is 47.4 Å². The van der Waals surface area contributed by atoms with Crippen LogP contribution in [0.15, 0.2) is 69.8 Å². The second kappa shape index (κ2) is 18.5. The summed E-state index contributed by atoms with van der Waals surface area (Å²) in [6.07, 6.45) is 7.54. The number of aliphatic imine (C=N–C) groups is 2. The SMILES string of the molecule is COC(=O)[C@@H]1C(C=NCCC=NC2=Cc3cc4c(cc3[C@@H](c3cc(OC)c(OC)c(OC)c3)[C@@H]2C(=O)OC)OCO4)=Cc2cc3c(cc2[C@H]1c1cc(OC)c(OC)c(OC)c1)OCO3. The van der Waals surface area contributed by atoms with Crippen LogP contribution in [0.25, 0.3) is 12.2 Å². The maximum absolute atomic E-state index is 13.9. The maximum Gasteiger partial charge on any atom is 0.315 e. The molecule has 0 aromatic heterocycles. The van der Waals surface area contributed by atoms with Gasteiger partial charge in [0.2, 0.25) is 25.1 Å². The lowest BCUT2D eigenvalue weighted by Gasteiger charge is -2.32. The standard InChI is InChI=1S/C48H48N2O14/c1-53-37-16-27(17-38(54-2)45(37)57-5)41-30-20-35-33(61-23-63-35)14-25(30)12-29(43(41)47(51)59-7)22-49-10-9-11-50-32-13-26-15-34-36(64-24-62-34)21-31(26)42(44(32)48(52)60-8)28-18-39(55-3)46(58-6)40(19-28)56-4/h11-22,41-44H,9-10,23-24H2,1-8H3/t41-,42-,43-,44-/m1/s1. The molecule has 2 aliphatic heterocycles. The van der Waals surface area contributed by atoms with Gasteiger partial charge in [-0.3, -0.25) is 19.6 Å². The predicted molar refractivity (Wildman–Crippen MR) is 234 cm³/mol. The van der Waals surface area contributed by atoms with Gasteiger partial charge in [-0.15, -0.1) is 0 Å². The van der Waals surface area contributed by atoms with Crippen molar-refractivity contribution in [3.63, 3.8) is 0 Å². The van der Waals surface area contributed by atoms with Crippen LogP contribution in [-0.4, -0.2) is 101 Å². The van der Waals surface area contributed by atoms with Crippen molar-refractivity contribution in [3.05, 3.63) is 93.2 Å². The number of nitrogens with zero attached hydrogens (tertiary/aromatic N) is 2. The highest BCUT2D eigenvalue weighted by Crippen LogP contribution is 2.52. The van der Waals surface area contributed by atoms with Gasteiger partial charge in [0.15, 0.2) is 46.0 Å². The minimum Gasteiger partial charge on any atom is -0.493 e. The highest BCUT2D eigenvalue weighted by atomic mass is 16.7. The monoisotopic (exact) mass is 876 g/mol. The van der Waals surface area contributed by atoms with Crippen LogP contribution in [0.4, 0.5) is 0 Å². The van der Waals surface area contributed by atoms with Gasteiger partial charge >= 0.3 is 11.9 Å². The molecule has 64 heavy (non-hydrogen) atoms. The van der Waals surface area contributed by atoms with E-state index in [2.05, 4.69) is 0 Å². The highest BCUT2D eigenvalue weighted by Gasteiger charge is 2.42. The lowest BCUT2D eigenvalue weighted by atomic mass is 9.71. The van der Waals surface area contributed by atoms with E-state index in [9.17, 15) is 9.59 Å². The van der Waals surface area contributed by atoms with Crippen molar-refractivity contribution in [2.24, 2.45) is 21.8 Å². The summed E-state index contributed by atoms with van der Waals surface area (Å²) in [4.78, 5) is 37.4. The molecule has 4 aromatic carbocycles. The van der Waals surface area contributed by atoms with Gasteiger partial charge in [0, 0.05) is 37.2 Å².